The predicted octanol–water partition coefficient (Wildman–Crippen LogP) is 5.41. The highest BCUT2D eigenvalue weighted by molar-refractivity contribution is 6.00. The number of carbonyl (C=O) groups excluding carboxylic acids is 4. The monoisotopic (exact) mass is 881 g/mol. The minimum atomic E-state index is -1.87. The number of carbonyl (C=O) groups is 4. The van der Waals surface area contributed by atoms with Gasteiger partial charge in [0.2, 0.25) is 5.91 Å². The molecule has 0 aromatic carbocycles. The van der Waals surface area contributed by atoms with E-state index in [2.05, 4.69) is 25.2 Å². The van der Waals surface area contributed by atoms with Gasteiger partial charge >= 0.3 is 5.97 Å². The van der Waals surface area contributed by atoms with Gasteiger partial charge in [-0.15, -0.1) is 0 Å². The van der Waals surface area contributed by atoms with E-state index in [1.807, 2.05) is 47.9 Å². The molecule has 1 amide bonds. The van der Waals surface area contributed by atoms with Crippen molar-refractivity contribution in [3.8, 4) is 11.5 Å². The Morgan fingerprint density at radius 1 is 1.03 bits per heavy atom. The molecule has 2 bridgehead atoms. The Labute approximate surface area is 370 Å². The van der Waals surface area contributed by atoms with E-state index in [0.29, 0.717) is 29.2 Å². The number of hydrogen-bond acceptors (Lipinski definition) is 16. The SMILES string of the molecule is CC[C@H]1OC(=O)[C@H](C)C(=O)[C@H](C)[C@@H](O[C@@H]2O[C@H](C)C[C@H](N(C)C)[C@H]2CC(C)=O)[C@@]2(C)C[C@@H](C)C(=NC(C)=O)[C@H](C)[C@@H](OC/C(=N\OCc3ccc(-c4ccno4)nc3)CO2)[C@]1(C)O. The average Bonchev–Trinajstić information content (AvgIpc) is 3.76. The van der Waals surface area contributed by atoms with E-state index in [0.717, 1.165) is 0 Å². The van der Waals surface area contributed by atoms with E-state index in [9.17, 15) is 24.3 Å². The Kier molecular flexibility index (Phi) is 16.7. The van der Waals surface area contributed by atoms with Crippen LogP contribution < -0.4 is 0 Å². The summed E-state index contributed by atoms with van der Waals surface area (Å²) in [5.74, 6) is -5.26. The summed E-state index contributed by atoms with van der Waals surface area (Å²) in [6.07, 6.45) is -0.318. The molecular weight excluding hydrogens is 815 g/mol. The molecule has 0 radical (unpaired) electrons. The minimum Gasteiger partial charge on any atom is -0.459 e. The van der Waals surface area contributed by atoms with E-state index in [1.54, 1.807) is 32.2 Å². The average molecular weight is 882 g/mol. The molecule has 1 N–H and O–H groups in total. The summed E-state index contributed by atoms with van der Waals surface area (Å²) in [6.45, 7) is 16.4. The first-order chi connectivity index (χ1) is 29.7. The quantitative estimate of drug-likeness (QED) is 0.180. The predicted molar refractivity (Wildman–Crippen MR) is 231 cm³/mol. The third-order valence-corrected chi connectivity index (χ3v) is 12.8. The van der Waals surface area contributed by atoms with Gasteiger partial charge in [0.1, 0.15) is 41.4 Å². The molecule has 3 fully saturated rings. The zero-order valence-corrected chi connectivity index (χ0v) is 38.9. The second-order valence-electron chi connectivity index (χ2n) is 18.3. The van der Waals surface area contributed by atoms with Crippen molar-refractivity contribution < 1.29 is 57.3 Å². The molecule has 63 heavy (non-hydrogen) atoms. The normalized spacial score (nSPS) is 36.3. The van der Waals surface area contributed by atoms with Gasteiger partial charge in [-0.1, -0.05) is 44.1 Å². The number of nitrogens with zero attached hydrogens (tertiary/aromatic N) is 5. The van der Waals surface area contributed by atoms with Gasteiger partial charge in [-0.3, -0.25) is 19.4 Å². The largest absolute Gasteiger partial charge is 0.459 e. The van der Waals surface area contributed by atoms with Crippen molar-refractivity contribution in [2.75, 3.05) is 27.3 Å². The van der Waals surface area contributed by atoms with Crippen LogP contribution in [0.15, 0.2) is 45.3 Å². The molecule has 0 aliphatic carbocycles. The molecule has 3 saturated heterocycles. The van der Waals surface area contributed by atoms with E-state index < -0.39 is 83.1 Å². The van der Waals surface area contributed by atoms with Crippen molar-refractivity contribution in [3.63, 3.8) is 0 Å². The van der Waals surface area contributed by atoms with Gasteiger partial charge in [0.15, 0.2) is 17.8 Å². The number of pyridine rings is 1. The number of aromatic nitrogens is 2. The topological polar surface area (TPSA) is 211 Å². The molecule has 17 heteroatoms. The van der Waals surface area contributed by atoms with Crippen LogP contribution in [-0.2, 0) is 54.3 Å². The molecule has 17 nitrogen and oxygen atoms in total. The first kappa shape index (κ1) is 49.8. The maximum Gasteiger partial charge on any atom is 0.316 e. The van der Waals surface area contributed by atoms with Crippen LogP contribution >= 0.6 is 0 Å². The van der Waals surface area contributed by atoms with Crippen molar-refractivity contribution in [2.45, 2.75) is 149 Å². The third kappa shape index (κ3) is 11.9. The second-order valence-corrected chi connectivity index (χ2v) is 18.3. The van der Waals surface area contributed by atoms with E-state index >= 15 is 0 Å². The fraction of sp³-hybridized carbons (Fsp3) is 0.696. The third-order valence-electron chi connectivity index (χ3n) is 12.8. The van der Waals surface area contributed by atoms with Crippen LogP contribution in [0.3, 0.4) is 0 Å². The molecule has 13 atom stereocenters. The number of esters is 1. The van der Waals surface area contributed by atoms with Gasteiger partial charge in [0.05, 0.1) is 43.3 Å². The van der Waals surface area contributed by atoms with Crippen LogP contribution in [0.1, 0.15) is 100 Å². The van der Waals surface area contributed by atoms with Crippen LogP contribution in [0.4, 0.5) is 0 Å². The molecule has 3 aliphatic rings. The number of rotatable bonds is 10. The summed E-state index contributed by atoms with van der Waals surface area (Å²) >= 11 is 0. The standard InChI is InChI=1S/C46H67N5O12/c1-13-38-46(10,56)42-28(5)39(49-31(8)53)25(2)20-45(9,58-24-33(23-57-42)50-59-22-32-14-15-35(47-21-32)37-16-17-48-63-37)41(29(6)40(54)30(7)43(55)61-38)62-44-34(18-26(3)52)36(51(11)12)19-27(4)60-44/h14-17,21,25,27-30,34,36,38,41-42,44,56H,13,18-20,22-24H2,1-12H3/b49-39?,50-33+/t25-,27-,28+,29+,30-,34-,36+,38-,41-,42-,44+,45-,46-/m1/s1. The molecule has 3 aliphatic heterocycles. The molecule has 348 valence electrons. The number of ether oxygens (including phenoxy) is 5. The lowest BCUT2D eigenvalue weighted by atomic mass is 9.73. The summed E-state index contributed by atoms with van der Waals surface area (Å²) in [4.78, 5) is 71.4. The van der Waals surface area contributed by atoms with Gasteiger partial charge in [-0.25, -0.2) is 4.99 Å². The second kappa shape index (κ2) is 21.2. The highest BCUT2D eigenvalue weighted by Crippen LogP contribution is 2.41. The zero-order chi connectivity index (χ0) is 46.4. The Morgan fingerprint density at radius 3 is 2.37 bits per heavy atom. The van der Waals surface area contributed by atoms with Gasteiger partial charge in [-0.05, 0) is 80.0 Å². The maximum absolute atomic E-state index is 14.7. The molecule has 2 aromatic heterocycles. The number of fused-ring (bicyclic) bond motifs is 5. The van der Waals surface area contributed by atoms with Crippen LogP contribution in [0.5, 0.6) is 0 Å². The van der Waals surface area contributed by atoms with E-state index in [4.69, 9.17) is 33.0 Å². The number of aliphatic hydroxyl groups is 1. The summed E-state index contributed by atoms with van der Waals surface area (Å²) < 4.78 is 38.4. The fourth-order valence-corrected chi connectivity index (χ4v) is 9.53. The lowest BCUT2D eigenvalue weighted by molar-refractivity contribution is -0.284. The van der Waals surface area contributed by atoms with Crippen molar-refractivity contribution in [2.24, 2.45) is 39.7 Å². The number of Topliss-reactive ketones (excluding diaryl/α,β-unsaturated/α-hetero) is 2. The van der Waals surface area contributed by atoms with Crippen LogP contribution in [0.25, 0.3) is 11.5 Å². The number of aliphatic imine (C=N–C) groups is 1. The Hall–Kier alpha value is -4.26. The summed E-state index contributed by atoms with van der Waals surface area (Å²) in [6, 6.07) is 5.20. The van der Waals surface area contributed by atoms with Crippen LogP contribution in [-0.4, -0.2) is 130 Å². The van der Waals surface area contributed by atoms with Gasteiger partial charge < -0.3 is 47.8 Å². The number of oxime groups is 1. The summed E-state index contributed by atoms with van der Waals surface area (Å²) in [5, 5.41) is 20.7. The molecule has 0 spiro atoms. The summed E-state index contributed by atoms with van der Waals surface area (Å²) in [7, 11) is 3.90. The van der Waals surface area contributed by atoms with Crippen LogP contribution in [0.2, 0.25) is 0 Å². The Morgan fingerprint density at radius 2 is 1.76 bits per heavy atom. The molecule has 2 aromatic rings. The minimum absolute atomic E-state index is 0.0270. The van der Waals surface area contributed by atoms with E-state index in [1.165, 1.54) is 33.9 Å². The van der Waals surface area contributed by atoms with Crippen LogP contribution in [0, 0.1) is 29.6 Å². The number of hydrogen-bond donors (Lipinski definition) is 1. The first-order valence-electron chi connectivity index (χ1n) is 22.0. The highest BCUT2D eigenvalue weighted by Gasteiger charge is 2.53. The van der Waals surface area contributed by atoms with E-state index in [-0.39, 0.29) is 62.7 Å². The zero-order valence-electron chi connectivity index (χ0n) is 38.9. The molecular formula is C46H67N5O12. The number of ketones is 2. The molecule has 5 rings (SSSR count). The highest BCUT2D eigenvalue weighted by atomic mass is 16.7. The number of cyclic esters (lactones) is 1. The Balaban J connectivity index is 1.66. The van der Waals surface area contributed by atoms with Crippen molar-refractivity contribution >= 4 is 34.9 Å². The maximum atomic E-state index is 14.7. The van der Waals surface area contributed by atoms with Gasteiger partial charge in [0, 0.05) is 60.7 Å². The molecule has 5 heterocycles. The smallest absolute Gasteiger partial charge is 0.316 e. The number of amides is 1. The summed E-state index contributed by atoms with van der Waals surface area (Å²) in [5.41, 5.74) is -1.26. The lowest BCUT2D eigenvalue weighted by Crippen LogP contribution is -2.59. The first-order valence-corrected chi connectivity index (χ1v) is 22.0. The van der Waals surface area contributed by atoms with Crippen molar-refractivity contribution in [1.29, 1.82) is 0 Å². The molecule has 0 saturated carbocycles. The lowest BCUT2D eigenvalue weighted by Gasteiger charge is -2.48. The fourth-order valence-electron chi connectivity index (χ4n) is 9.53. The van der Waals surface area contributed by atoms with Crippen molar-refractivity contribution in [1.82, 2.24) is 15.0 Å². The molecule has 0 unspecified atom stereocenters. The Bertz CT molecular complexity index is 1950. The van der Waals surface area contributed by atoms with Gasteiger partial charge in [0.25, 0.3) is 0 Å². The van der Waals surface area contributed by atoms with Gasteiger partial charge in [-0.2, -0.15) is 0 Å². The van der Waals surface area contributed by atoms with Crippen molar-refractivity contribution in [3.05, 3.63) is 36.2 Å².